The molecule has 0 aromatic carbocycles. The van der Waals surface area contributed by atoms with Crippen LogP contribution in [0.2, 0.25) is 0 Å². The van der Waals surface area contributed by atoms with Gasteiger partial charge in [0.25, 0.3) is 0 Å². The monoisotopic (exact) mass is 235 g/mol. The minimum Gasteiger partial charge on any atom is -0.481 e. The molecule has 0 bridgehead atoms. The summed E-state index contributed by atoms with van der Waals surface area (Å²) in [7, 11) is -0.463. The van der Waals surface area contributed by atoms with Crippen LogP contribution < -0.4 is 29.1 Å². The third-order valence-corrected chi connectivity index (χ3v) is 1.67. The normalized spacial score (nSPS) is 8.59. The van der Waals surface area contributed by atoms with Crippen LogP contribution >= 0.6 is 0 Å². The van der Waals surface area contributed by atoms with Crippen LogP contribution in [0.3, 0.4) is 0 Å². The maximum absolute atomic E-state index is 12.5. The Kier molecular flexibility index (Phi) is 11.7. The van der Waals surface area contributed by atoms with Crippen molar-refractivity contribution in [3.63, 3.8) is 0 Å². The van der Waals surface area contributed by atoms with Crippen molar-refractivity contribution in [1.82, 2.24) is 4.98 Å². The Morgan fingerprint density at radius 3 is 2.41 bits per heavy atom. The van der Waals surface area contributed by atoms with E-state index in [1.165, 1.54) is 13.5 Å². The first kappa shape index (κ1) is 18.8. The van der Waals surface area contributed by atoms with Crippen molar-refractivity contribution in [3.8, 4) is 5.88 Å². The number of pyridine rings is 1. The molecule has 0 aliphatic heterocycles. The summed E-state index contributed by atoms with van der Waals surface area (Å²) < 4.78 is 17.2. The number of nitrogens with zero attached hydrogens (tertiary/aromatic N) is 1. The second-order valence-corrected chi connectivity index (χ2v) is 2.98. The van der Waals surface area contributed by atoms with Crippen LogP contribution in [0, 0.1) is 12.7 Å². The van der Waals surface area contributed by atoms with Gasteiger partial charge in [0.15, 0.2) is 0 Å². The molecule has 0 saturated heterocycles. The van der Waals surface area contributed by atoms with Crippen LogP contribution in [-0.2, 0) is 0 Å². The molecule has 0 amide bonds. The first-order chi connectivity index (χ1) is 7.56. The fourth-order valence-electron chi connectivity index (χ4n) is 0.798. The summed E-state index contributed by atoms with van der Waals surface area (Å²) in [6.07, 6.45) is 3.21. The molecule has 2 N–H and O–H groups in total. The number of unbranched alkanes of at least 4 members (excludes halogenated alkanes) is 1. The number of hydrogen-bond donors (Lipinski definition) is 2. The number of ether oxygens (including phenoxy) is 1. The Morgan fingerprint density at radius 1 is 1.53 bits per heavy atom. The zero-order valence-corrected chi connectivity index (χ0v) is 10.5. The zero-order valence-electron chi connectivity index (χ0n) is 10.5. The second kappa shape index (κ2) is 10.6. The van der Waals surface area contributed by atoms with Gasteiger partial charge in [-0.2, -0.15) is 6.42 Å². The SMILES string of the molecule is COc1ncc(F)cc1B(O)O.[CH2-]CCC.[Li+]. The Bertz CT molecular complexity index is 314. The molecule has 0 unspecified atom stereocenters. The van der Waals surface area contributed by atoms with Gasteiger partial charge in [-0.25, -0.2) is 9.37 Å². The molecule has 17 heavy (non-hydrogen) atoms. The predicted octanol–water partition coefficient (Wildman–Crippen LogP) is -2.47. The molecule has 0 fully saturated rings. The third kappa shape index (κ3) is 7.40. The largest absolute Gasteiger partial charge is 1.00 e. The molecule has 1 heterocycles. The van der Waals surface area contributed by atoms with Crippen molar-refractivity contribution in [2.45, 2.75) is 19.8 Å². The Morgan fingerprint density at radius 2 is 2.06 bits per heavy atom. The summed E-state index contributed by atoms with van der Waals surface area (Å²) in [6, 6.07) is 0.955. The Labute approximate surface area is 114 Å². The average Bonchev–Trinajstić information content (AvgIpc) is 2.29. The van der Waals surface area contributed by atoms with E-state index in [2.05, 4.69) is 23.6 Å². The molecule has 0 spiro atoms. The summed E-state index contributed by atoms with van der Waals surface area (Å²) in [4.78, 5) is 3.50. The van der Waals surface area contributed by atoms with E-state index in [1.54, 1.807) is 0 Å². The van der Waals surface area contributed by atoms with Gasteiger partial charge in [-0.1, -0.05) is 13.3 Å². The van der Waals surface area contributed by atoms with E-state index < -0.39 is 12.9 Å². The van der Waals surface area contributed by atoms with E-state index in [1.807, 2.05) is 0 Å². The fraction of sp³-hybridized carbons (Fsp3) is 0.400. The molecule has 1 aromatic rings. The van der Waals surface area contributed by atoms with Crippen molar-refractivity contribution in [1.29, 1.82) is 0 Å². The van der Waals surface area contributed by atoms with Gasteiger partial charge in [0.2, 0.25) is 5.88 Å². The van der Waals surface area contributed by atoms with E-state index in [0.29, 0.717) is 0 Å². The van der Waals surface area contributed by atoms with Gasteiger partial charge >= 0.3 is 26.0 Å². The first-order valence-electron chi connectivity index (χ1n) is 4.91. The molecule has 0 aliphatic carbocycles. The molecule has 7 heteroatoms. The van der Waals surface area contributed by atoms with E-state index in [9.17, 15) is 4.39 Å². The van der Waals surface area contributed by atoms with Crippen molar-refractivity contribution in [2.75, 3.05) is 7.11 Å². The number of halogens is 1. The molecule has 0 atom stereocenters. The Balaban J connectivity index is 0. The van der Waals surface area contributed by atoms with Crippen LogP contribution in [-0.4, -0.2) is 29.3 Å². The van der Waals surface area contributed by atoms with Crippen molar-refractivity contribution >= 4 is 12.6 Å². The van der Waals surface area contributed by atoms with Gasteiger partial charge in [0, 0.05) is 5.46 Å². The molecule has 4 nitrogen and oxygen atoms in total. The van der Waals surface area contributed by atoms with E-state index in [4.69, 9.17) is 10.0 Å². The number of methoxy groups -OCH3 is 1. The molecule has 90 valence electrons. The molecule has 0 aliphatic rings. The molecule has 0 radical (unpaired) electrons. The van der Waals surface area contributed by atoms with Crippen LogP contribution in [0.15, 0.2) is 12.3 Å². The van der Waals surface area contributed by atoms with Gasteiger partial charge in [-0.3, -0.25) is 0 Å². The number of rotatable bonds is 3. The molecular weight excluding hydrogens is 219 g/mol. The second-order valence-electron chi connectivity index (χ2n) is 2.98. The van der Waals surface area contributed by atoms with Gasteiger partial charge in [0.05, 0.1) is 13.3 Å². The first-order valence-corrected chi connectivity index (χ1v) is 4.91. The van der Waals surface area contributed by atoms with Crippen LogP contribution in [0.5, 0.6) is 5.88 Å². The van der Waals surface area contributed by atoms with Gasteiger partial charge < -0.3 is 21.7 Å². The topological polar surface area (TPSA) is 62.6 Å². The summed E-state index contributed by atoms with van der Waals surface area (Å²) in [6.45, 7) is 5.72. The van der Waals surface area contributed by atoms with Crippen molar-refractivity contribution < 1.29 is 38.0 Å². The molecule has 1 rings (SSSR count). The van der Waals surface area contributed by atoms with Crippen LogP contribution in [0.4, 0.5) is 4.39 Å². The summed E-state index contributed by atoms with van der Waals surface area (Å²) >= 11 is 0. The van der Waals surface area contributed by atoms with Gasteiger partial charge in [0.1, 0.15) is 5.82 Å². The molecular formula is C10H16BFLiNO3. The smallest absolute Gasteiger partial charge is 0.481 e. The Hall–Kier alpha value is -0.538. The van der Waals surface area contributed by atoms with E-state index >= 15 is 0 Å². The zero-order chi connectivity index (χ0) is 12.6. The van der Waals surface area contributed by atoms with Crippen LogP contribution in [0.25, 0.3) is 0 Å². The summed E-state index contributed by atoms with van der Waals surface area (Å²) in [5, 5.41) is 17.5. The minimum atomic E-state index is -1.77. The quantitative estimate of drug-likeness (QED) is 0.450. The summed E-state index contributed by atoms with van der Waals surface area (Å²) in [5.41, 5.74) is -0.0856. The van der Waals surface area contributed by atoms with E-state index in [0.717, 1.165) is 18.7 Å². The van der Waals surface area contributed by atoms with Gasteiger partial charge in [-0.05, 0) is 6.07 Å². The number of aromatic nitrogens is 1. The third-order valence-electron chi connectivity index (χ3n) is 1.67. The standard InChI is InChI=1S/C6H7BFNO3.C4H9.Li/c1-12-6-5(7(10)11)2-4(8)3-9-6;1-3-4-2;/h2-3,10-11H,1H3;1,3-4H2,2H3;/q;-1;+1. The fourth-order valence-corrected chi connectivity index (χ4v) is 0.798. The minimum absolute atomic E-state index is 0. The maximum Gasteiger partial charge on any atom is 1.00 e. The average molecular weight is 235 g/mol. The van der Waals surface area contributed by atoms with Crippen LogP contribution in [0.1, 0.15) is 19.8 Å². The summed E-state index contributed by atoms with van der Waals surface area (Å²) in [5.74, 6) is -0.634. The molecule has 0 saturated carbocycles. The van der Waals surface area contributed by atoms with Crippen molar-refractivity contribution in [3.05, 3.63) is 25.0 Å². The van der Waals surface area contributed by atoms with Crippen molar-refractivity contribution in [2.24, 2.45) is 0 Å². The molecule has 1 aromatic heterocycles. The van der Waals surface area contributed by atoms with E-state index in [-0.39, 0.29) is 30.2 Å². The maximum atomic E-state index is 12.5. The predicted molar refractivity (Wildman–Crippen MR) is 60.8 cm³/mol. The van der Waals surface area contributed by atoms with Gasteiger partial charge in [-0.15, -0.1) is 0 Å². The number of hydrogen-bond acceptors (Lipinski definition) is 4.